The van der Waals surface area contributed by atoms with Crippen LogP contribution in [0.3, 0.4) is 0 Å². The molecule has 1 aliphatic heterocycles. The molecule has 8 heteroatoms. The Kier molecular flexibility index (Phi) is 6.39. The number of nitrogens with one attached hydrogen (secondary N) is 1. The van der Waals surface area contributed by atoms with Gasteiger partial charge in [0, 0.05) is 52.2 Å². The summed E-state index contributed by atoms with van der Waals surface area (Å²) in [6.45, 7) is 6.92. The highest BCUT2D eigenvalue weighted by atomic mass is 32.1. The Morgan fingerprint density at radius 1 is 1.26 bits per heavy atom. The lowest BCUT2D eigenvalue weighted by atomic mass is 10.2. The number of aliphatic imine (C=N–C) groups is 1. The van der Waals surface area contributed by atoms with E-state index in [0.717, 1.165) is 55.2 Å². The third-order valence-corrected chi connectivity index (χ3v) is 5.51. The monoisotopic (exact) mass is 388 g/mol. The van der Waals surface area contributed by atoms with E-state index in [1.165, 1.54) is 0 Å². The average Bonchev–Trinajstić information content (AvgIpc) is 3.15. The summed E-state index contributed by atoms with van der Waals surface area (Å²) in [6.07, 6.45) is 0. The Bertz CT molecular complexity index is 767. The van der Waals surface area contributed by atoms with Gasteiger partial charge in [-0.2, -0.15) is 0 Å². The van der Waals surface area contributed by atoms with Crippen molar-refractivity contribution < 1.29 is 5.11 Å². The van der Waals surface area contributed by atoms with Crippen LogP contribution in [0.5, 0.6) is 5.75 Å². The van der Waals surface area contributed by atoms with Crippen LogP contribution in [0.4, 0.5) is 10.8 Å². The predicted octanol–water partition coefficient (Wildman–Crippen LogP) is 2.20. The topological polar surface area (TPSA) is 67.2 Å². The second-order valence-corrected chi connectivity index (χ2v) is 7.49. The standard InChI is InChI=1S/C19H28N6OS/c1-4-20-18(21-13-15-14-27-19(22-15)23(2)3)25-11-9-24(10-12-25)16-7-5-6-8-17(16)26/h5-8,14,26H,4,9-13H2,1-3H3,(H,20,21). The van der Waals surface area contributed by atoms with Crippen LogP contribution in [-0.4, -0.2) is 67.8 Å². The molecule has 0 aliphatic carbocycles. The summed E-state index contributed by atoms with van der Waals surface area (Å²) >= 11 is 1.64. The number of benzene rings is 1. The lowest BCUT2D eigenvalue weighted by Gasteiger charge is -2.37. The first kappa shape index (κ1) is 19.3. The summed E-state index contributed by atoms with van der Waals surface area (Å²) in [4.78, 5) is 15.9. The second kappa shape index (κ2) is 8.94. The third-order valence-electron chi connectivity index (χ3n) is 4.45. The quantitative estimate of drug-likeness (QED) is 0.605. The van der Waals surface area contributed by atoms with Crippen LogP contribution in [0.1, 0.15) is 12.6 Å². The summed E-state index contributed by atoms with van der Waals surface area (Å²) in [5, 5.41) is 16.5. The number of hydrogen-bond donors (Lipinski definition) is 2. The summed E-state index contributed by atoms with van der Waals surface area (Å²) in [7, 11) is 4.00. The van der Waals surface area contributed by atoms with Crippen molar-refractivity contribution in [3.05, 3.63) is 35.3 Å². The van der Waals surface area contributed by atoms with E-state index in [0.29, 0.717) is 12.3 Å². The van der Waals surface area contributed by atoms with Crippen molar-refractivity contribution in [2.75, 3.05) is 56.6 Å². The molecular formula is C19H28N6OS. The first-order chi connectivity index (χ1) is 13.1. The smallest absolute Gasteiger partial charge is 0.194 e. The predicted molar refractivity (Wildman–Crippen MR) is 113 cm³/mol. The molecule has 1 saturated heterocycles. The molecule has 2 heterocycles. The number of phenolic OH excluding ortho intramolecular Hbond substituents is 1. The molecular weight excluding hydrogens is 360 g/mol. The average molecular weight is 389 g/mol. The molecule has 3 rings (SSSR count). The van der Waals surface area contributed by atoms with Gasteiger partial charge in [0.1, 0.15) is 5.75 Å². The fourth-order valence-electron chi connectivity index (χ4n) is 3.05. The molecule has 0 radical (unpaired) electrons. The highest BCUT2D eigenvalue weighted by Gasteiger charge is 2.21. The zero-order valence-corrected chi connectivity index (χ0v) is 17.0. The number of aromatic hydroxyl groups is 1. The number of phenols is 1. The van der Waals surface area contributed by atoms with E-state index in [4.69, 9.17) is 4.99 Å². The van der Waals surface area contributed by atoms with Crippen molar-refractivity contribution in [2.45, 2.75) is 13.5 Å². The fourth-order valence-corrected chi connectivity index (χ4v) is 3.80. The largest absolute Gasteiger partial charge is 0.506 e. The molecule has 0 unspecified atom stereocenters. The van der Waals surface area contributed by atoms with Crippen molar-refractivity contribution in [3.8, 4) is 5.75 Å². The molecule has 0 bridgehead atoms. The zero-order valence-electron chi connectivity index (χ0n) is 16.2. The van der Waals surface area contributed by atoms with E-state index in [-0.39, 0.29) is 0 Å². The molecule has 0 amide bonds. The number of anilines is 2. The molecule has 0 saturated carbocycles. The Balaban J connectivity index is 1.63. The van der Waals surface area contributed by atoms with Gasteiger partial charge in [-0.1, -0.05) is 12.1 Å². The van der Waals surface area contributed by atoms with Crippen LogP contribution in [0, 0.1) is 0 Å². The minimum Gasteiger partial charge on any atom is -0.506 e. The van der Waals surface area contributed by atoms with Crippen molar-refractivity contribution in [1.29, 1.82) is 0 Å². The molecule has 0 spiro atoms. The van der Waals surface area contributed by atoms with E-state index >= 15 is 0 Å². The Morgan fingerprint density at radius 3 is 2.63 bits per heavy atom. The highest BCUT2D eigenvalue weighted by Crippen LogP contribution is 2.27. The molecule has 27 heavy (non-hydrogen) atoms. The first-order valence-corrected chi connectivity index (χ1v) is 10.1. The van der Waals surface area contributed by atoms with E-state index in [1.807, 2.05) is 37.2 Å². The fraction of sp³-hybridized carbons (Fsp3) is 0.474. The lowest BCUT2D eigenvalue weighted by Crippen LogP contribution is -2.52. The number of para-hydroxylation sites is 2. The first-order valence-electron chi connectivity index (χ1n) is 9.26. The van der Waals surface area contributed by atoms with Gasteiger partial charge in [-0.3, -0.25) is 0 Å². The summed E-state index contributed by atoms with van der Waals surface area (Å²) in [5.41, 5.74) is 1.89. The third kappa shape index (κ3) is 4.82. The minimum absolute atomic E-state index is 0.340. The summed E-state index contributed by atoms with van der Waals surface area (Å²) in [6, 6.07) is 7.52. The summed E-state index contributed by atoms with van der Waals surface area (Å²) in [5.74, 6) is 1.26. The Morgan fingerprint density at radius 2 is 2.00 bits per heavy atom. The van der Waals surface area contributed by atoms with Crippen molar-refractivity contribution in [1.82, 2.24) is 15.2 Å². The number of guanidine groups is 1. The molecule has 1 aromatic heterocycles. The van der Waals surface area contributed by atoms with Gasteiger partial charge in [0.05, 0.1) is 17.9 Å². The highest BCUT2D eigenvalue weighted by molar-refractivity contribution is 7.13. The lowest BCUT2D eigenvalue weighted by molar-refractivity contribution is 0.369. The van der Waals surface area contributed by atoms with Crippen LogP contribution in [-0.2, 0) is 6.54 Å². The number of rotatable bonds is 5. The van der Waals surface area contributed by atoms with Crippen LogP contribution < -0.4 is 15.1 Å². The molecule has 7 nitrogen and oxygen atoms in total. The van der Waals surface area contributed by atoms with Crippen LogP contribution in [0.2, 0.25) is 0 Å². The maximum atomic E-state index is 10.1. The number of piperazine rings is 1. The van der Waals surface area contributed by atoms with Crippen LogP contribution in [0.15, 0.2) is 34.6 Å². The number of thiazole rings is 1. The number of hydrogen-bond acceptors (Lipinski definition) is 6. The van der Waals surface area contributed by atoms with Crippen LogP contribution in [0.25, 0.3) is 0 Å². The maximum absolute atomic E-state index is 10.1. The Hall–Kier alpha value is -2.48. The van der Waals surface area contributed by atoms with Gasteiger partial charge in [0.25, 0.3) is 0 Å². The van der Waals surface area contributed by atoms with E-state index in [2.05, 4.69) is 32.4 Å². The normalized spacial score (nSPS) is 15.1. The van der Waals surface area contributed by atoms with Gasteiger partial charge in [-0.15, -0.1) is 11.3 Å². The van der Waals surface area contributed by atoms with Crippen molar-refractivity contribution in [2.24, 2.45) is 4.99 Å². The number of nitrogens with zero attached hydrogens (tertiary/aromatic N) is 5. The Labute approximate surface area is 165 Å². The van der Waals surface area contributed by atoms with Gasteiger partial charge < -0.3 is 25.1 Å². The summed E-state index contributed by atoms with van der Waals surface area (Å²) < 4.78 is 0. The van der Waals surface area contributed by atoms with E-state index in [1.54, 1.807) is 17.4 Å². The van der Waals surface area contributed by atoms with Crippen molar-refractivity contribution >= 4 is 28.1 Å². The molecule has 0 atom stereocenters. The maximum Gasteiger partial charge on any atom is 0.194 e. The molecule has 2 N–H and O–H groups in total. The molecule has 1 fully saturated rings. The van der Waals surface area contributed by atoms with Crippen molar-refractivity contribution in [3.63, 3.8) is 0 Å². The molecule has 1 aromatic carbocycles. The number of aromatic nitrogens is 1. The van der Waals surface area contributed by atoms with Gasteiger partial charge in [-0.05, 0) is 19.1 Å². The van der Waals surface area contributed by atoms with Gasteiger partial charge in [-0.25, -0.2) is 9.98 Å². The van der Waals surface area contributed by atoms with E-state index < -0.39 is 0 Å². The van der Waals surface area contributed by atoms with Gasteiger partial charge >= 0.3 is 0 Å². The molecule has 2 aromatic rings. The van der Waals surface area contributed by atoms with Gasteiger partial charge in [0.15, 0.2) is 11.1 Å². The van der Waals surface area contributed by atoms with Crippen LogP contribution >= 0.6 is 11.3 Å². The zero-order chi connectivity index (χ0) is 19.2. The minimum atomic E-state index is 0.340. The van der Waals surface area contributed by atoms with Gasteiger partial charge in [0.2, 0.25) is 0 Å². The molecule has 146 valence electrons. The second-order valence-electron chi connectivity index (χ2n) is 6.65. The SMILES string of the molecule is CCNC(=NCc1csc(N(C)C)n1)N1CCN(c2ccccc2O)CC1. The molecule has 1 aliphatic rings. The van der Waals surface area contributed by atoms with E-state index in [9.17, 15) is 5.11 Å².